The number of para-hydroxylation sites is 1. The molecular formula is C16H16F3N3O. The molecule has 1 aromatic heterocycles. The van der Waals surface area contributed by atoms with E-state index >= 15 is 0 Å². The van der Waals surface area contributed by atoms with Gasteiger partial charge < -0.3 is 4.74 Å². The van der Waals surface area contributed by atoms with E-state index in [2.05, 4.69) is 10.1 Å². The van der Waals surface area contributed by atoms with Crippen LogP contribution in [0.3, 0.4) is 0 Å². The standard InChI is InChI=1S/C16H16F3N3O/c17-16(18,19)12-3-1-2-4-13(12)22-15(11-7-8-23-9-11)20-14(21-22)10-5-6-10/h1-4,10-11H,5-9H2/t11-/m1/s1. The van der Waals surface area contributed by atoms with Crippen molar-refractivity contribution in [3.05, 3.63) is 41.5 Å². The van der Waals surface area contributed by atoms with Crippen LogP contribution in [0.1, 0.15) is 48.3 Å². The van der Waals surface area contributed by atoms with E-state index < -0.39 is 11.7 Å². The van der Waals surface area contributed by atoms with Gasteiger partial charge in [0.2, 0.25) is 0 Å². The number of rotatable bonds is 3. The molecule has 7 heteroatoms. The third-order valence-corrected chi connectivity index (χ3v) is 4.32. The summed E-state index contributed by atoms with van der Waals surface area (Å²) >= 11 is 0. The highest BCUT2D eigenvalue weighted by molar-refractivity contribution is 5.43. The summed E-state index contributed by atoms with van der Waals surface area (Å²) in [4.78, 5) is 4.56. The molecular weight excluding hydrogens is 307 g/mol. The summed E-state index contributed by atoms with van der Waals surface area (Å²) in [5, 5.41) is 4.41. The van der Waals surface area contributed by atoms with Crippen molar-refractivity contribution in [1.29, 1.82) is 0 Å². The molecule has 1 saturated carbocycles. The Morgan fingerprint density at radius 2 is 1.87 bits per heavy atom. The molecule has 1 aliphatic heterocycles. The van der Waals surface area contributed by atoms with Gasteiger partial charge >= 0.3 is 6.18 Å². The van der Waals surface area contributed by atoms with Gasteiger partial charge in [-0.05, 0) is 31.4 Å². The molecule has 122 valence electrons. The van der Waals surface area contributed by atoms with Crippen LogP contribution in [0, 0.1) is 0 Å². The van der Waals surface area contributed by atoms with Gasteiger partial charge in [-0.15, -0.1) is 0 Å². The van der Waals surface area contributed by atoms with Crippen LogP contribution in [0.4, 0.5) is 13.2 Å². The third kappa shape index (κ3) is 2.73. The average Bonchev–Trinajstić information content (AvgIpc) is 3.06. The Labute approximate surface area is 131 Å². The maximum Gasteiger partial charge on any atom is 0.418 e. The fourth-order valence-electron chi connectivity index (χ4n) is 2.93. The molecule has 2 heterocycles. The highest BCUT2D eigenvalue weighted by atomic mass is 19.4. The number of nitrogens with zero attached hydrogens (tertiary/aromatic N) is 3. The summed E-state index contributed by atoms with van der Waals surface area (Å²) in [6, 6.07) is 5.53. The van der Waals surface area contributed by atoms with Crippen molar-refractivity contribution in [3.8, 4) is 5.69 Å². The van der Waals surface area contributed by atoms with E-state index in [9.17, 15) is 13.2 Å². The maximum absolute atomic E-state index is 13.3. The van der Waals surface area contributed by atoms with Crippen molar-refractivity contribution in [3.63, 3.8) is 0 Å². The monoisotopic (exact) mass is 323 g/mol. The van der Waals surface area contributed by atoms with Gasteiger partial charge in [0.15, 0.2) is 5.82 Å². The smallest absolute Gasteiger partial charge is 0.381 e. The van der Waals surface area contributed by atoms with Crippen LogP contribution < -0.4 is 0 Å². The summed E-state index contributed by atoms with van der Waals surface area (Å²) in [5.74, 6) is 1.52. The van der Waals surface area contributed by atoms with Gasteiger partial charge in [-0.3, -0.25) is 0 Å². The lowest BCUT2D eigenvalue weighted by molar-refractivity contribution is -0.137. The molecule has 4 nitrogen and oxygen atoms in total. The van der Waals surface area contributed by atoms with Gasteiger partial charge in [-0.25, -0.2) is 9.67 Å². The molecule has 23 heavy (non-hydrogen) atoms. The van der Waals surface area contributed by atoms with Gasteiger partial charge in [0, 0.05) is 18.4 Å². The molecule has 1 aliphatic carbocycles. The number of ether oxygens (including phenoxy) is 1. The highest BCUT2D eigenvalue weighted by Crippen LogP contribution is 2.40. The van der Waals surface area contributed by atoms with E-state index in [4.69, 9.17) is 4.74 Å². The molecule has 0 amide bonds. The van der Waals surface area contributed by atoms with E-state index in [1.807, 2.05) is 0 Å². The predicted octanol–water partition coefficient (Wildman–Crippen LogP) is 3.67. The summed E-state index contributed by atoms with van der Waals surface area (Å²) in [6.45, 7) is 1.09. The Bertz CT molecular complexity index is 716. The Balaban J connectivity index is 1.85. The van der Waals surface area contributed by atoms with Gasteiger partial charge in [0.25, 0.3) is 0 Å². The van der Waals surface area contributed by atoms with Crippen molar-refractivity contribution in [2.45, 2.75) is 37.3 Å². The minimum absolute atomic E-state index is 0.00344. The van der Waals surface area contributed by atoms with E-state index in [0.29, 0.717) is 24.9 Å². The summed E-state index contributed by atoms with van der Waals surface area (Å²) in [5.41, 5.74) is -0.645. The van der Waals surface area contributed by atoms with Crippen LogP contribution in [0.15, 0.2) is 24.3 Å². The van der Waals surface area contributed by atoms with Crippen LogP contribution in [0.2, 0.25) is 0 Å². The van der Waals surface area contributed by atoms with Crippen molar-refractivity contribution < 1.29 is 17.9 Å². The topological polar surface area (TPSA) is 39.9 Å². The zero-order valence-electron chi connectivity index (χ0n) is 12.4. The molecule has 4 rings (SSSR count). The second-order valence-corrected chi connectivity index (χ2v) is 6.09. The zero-order valence-corrected chi connectivity index (χ0v) is 12.4. The Hall–Kier alpha value is -1.89. The minimum Gasteiger partial charge on any atom is -0.381 e. The van der Waals surface area contributed by atoms with Gasteiger partial charge in [-0.1, -0.05) is 12.1 Å². The summed E-state index contributed by atoms with van der Waals surface area (Å²) < 4.78 is 46.8. The lowest BCUT2D eigenvalue weighted by Crippen LogP contribution is -2.15. The number of benzene rings is 1. The normalized spacial score (nSPS) is 21.8. The van der Waals surface area contributed by atoms with Crippen LogP contribution in [-0.4, -0.2) is 28.0 Å². The molecule has 1 saturated heterocycles. The highest BCUT2D eigenvalue weighted by Gasteiger charge is 2.37. The van der Waals surface area contributed by atoms with Gasteiger partial charge in [-0.2, -0.15) is 18.3 Å². The minimum atomic E-state index is -4.42. The first-order valence-electron chi connectivity index (χ1n) is 7.75. The van der Waals surface area contributed by atoms with E-state index in [-0.39, 0.29) is 17.5 Å². The molecule has 1 atom stereocenters. The summed E-state index contributed by atoms with van der Waals surface area (Å²) in [7, 11) is 0. The number of hydrogen-bond acceptors (Lipinski definition) is 3. The lowest BCUT2D eigenvalue weighted by Gasteiger charge is -2.15. The number of aromatic nitrogens is 3. The average molecular weight is 323 g/mol. The molecule has 1 aromatic carbocycles. The second-order valence-electron chi connectivity index (χ2n) is 6.09. The predicted molar refractivity (Wildman–Crippen MR) is 76.5 cm³/mol. The maximum atomic E-state index is 13.3. The van der Waals surface area contributed by atoms with Crippen LogP contribution >= 0.6 is 0 Å². The van der Waals surface area contributed by atoms with Crippen LogP contribution in [-0.2, 0) is 10.9 Å². The second kappa shape index (κ2) is 5.33. The molecule has 2 fully saturated rings. The molecule has 0 spiro atoms. The van der Waals surface area contributed by atoms with Crippen molar-refractivity contribution in [2.24, 2.45) is 0 Å². The molecule has 0 N–H and O–H groups in total. The van der Waals surface area contributed by atoms with Crippen molar-refractivity contribution in [1.82, 2.24) is 14.8 Å². The van der Waals surface area contributed by atoms with E-state index in [1.165, 1.54) is 16.8 Å². The largest absolute Gasteiger partial charge is 0.418 e. The fourth-order valence-corrected chi connectivity index (χ4v) is 2.93. The number of halogens is 3. The molecule has 0 radical (unpaired) electrons. The lowest BCUT2D eigenvalue weighted by atomic mass is 10.1. The zero-order chi connectivity index (χ0) is 16.0. The van der Waals surface area contributed by atoms with Crippen molar-refractivity contribution >= 4 is 0 Å². The fraction of sp³-hybridized carbons (Fsp3) is 0.500. The Morgan fingerprint density at radius 1 is 1.09 bits per heavy atom. The van der Waals surface area contributed by atoms with Gasteiger partial charge in [0.1, 0.15) is 5.82 Å². The molecule has 0 bridgehead atoms. The Morgan fingerprint density at radius 3 is 2.52 bits per heavy atom. The van der Waals surface area contributed by atoms with Crippen LogP contribution in [0.25, 0.3) is 5.69 Å². The SMILES string of the molecule is FC(F)(F)c1ccccc1-n1nc(C2CC2)nc1[C@@H]1CCOC1. The summed E-state index contributed by atoms with van der Waals surface area (Å²) in [6.07, 6.45) is -1.65. The van der Waals surface area contributed by atoms with Crippen molar-refractivity contribution in [2.75, 3.05) is 13.2 Å². The van der Waals surface area contributed by atoms with Gasteiger partial charge in [0.05, 0.1) is 17.9 Å². The quantitative estimate of drug-likeness (QED) is 0.865. The first kappa shape index (κ1) is 14.7. The van der Waals surface area contributed by atoms with E-state index in [0.717, 1.165) is 25.3 Å². The molecule has 2 aromatic rings. The molecule has 2 aliphatic rings. The van der Waals surface area contributed by atoms with Crippen LogP contribution in [0.5, 0.6) is 0 Å². The Kier molecular flexibility index (Phi) is 3.41. The number of hydrogen-bond donors (Lipinski definition) is 0. The number of alkyl halides is 3. The molecule has 0 unspecified atom stereocenters. The first-order valence-corrected chi connectivity index (χ1v) is 7.75. The van der Waals surface area contributed by atoms with E-state index in [1.54, 1.807) is 6.07 Å². The third-order valence-electron chi connectivity index (χ3n) is 4.32. The first-order chi connectivity index (χ1) is 11.0.